The van der Waals surface area contributed by atoms with Gasteiger partial charge < -0.3 is 10.0 Å². The SMILES string of the molecule is CN(C)S(=O)(=O)N[C@@H]1[C@H](Cc2cccc(-c3ccccc3)c2F)N(C(=O)C(C)(C)CO)CC1(F)F. The van der Waals surface area contributed by atoms with Crippen molar-refractivity contribution in [3.05, 3.63) is 59.9 Å². The first-order valence-corrected chi connectivity index (χ1v) is 12.5. The molecular weight excluding hydrogens is 483 g/mol. The number of hydrogen-bond acceptors (Lipinski definition) is 4. The quantitative estimate of drug-likeness (QED) is 0.568. The summed E-state index contributed by atoms with van der Waals surface area (Å²) in [7, 11) is -1.94. The molecule has 0 unspecified atom stereocenters. The van der Waals surface area contributed by atoms with Crippen molar-refractivity contribution in [1.29, 1.82) is 0 Å². The van der Waals surface area contributed by atoms with Crippen molar-refractivity contribution in [2.75, 3.05) is 27.2 Å². The number of amides is 1. The van der Waals surface area contributed by atoms with Gasteiger partial charge in [-0.15, -0.1) is 0 Å². The van der Waals surface area contributed by atoms with Gasteiger partial charge in [0, 0.05) is 19.7 Å². The van der Waals surface area contributed by atoms with E-state index in [1.165, 1.54) is 34.0 Å². The van der Waals surface area contributed by atoms with Crippen molar-refractivity contribution in [3.63, 3.8) is 0 Å². The molecule has 1 heterocycles. The smallest absolute Gasteiger partial charge is 0.283 e. The first kappa shape index (κ1) is 27.1. The Kier molecular flexibility index (Phi) is 7.66. The van der Waals surface area contributed by atoms with Gasteiger partial charge in [0.1, 0.15) is 11.9 Å². The zero-order valence-electron chi connectivity index (χ0n) is 20.0. The van der Waals surface area contributed by atoms with E-state index in [1.54, 1.807) is 42.5 Å². The van der Waals surface area contributed by atoms with E-state index in [9.17, 15) is 18.3 Å². The summed E-state index contributed by atoms with van der Waals surface area (Å²) in [5.74, 6) is -5.06. The van der Waals surface area contributed by atoms with Crippen LogP contribution in [-0.4, -0.2) is 73.9 Å². The van der Waals surface area contributed by atoms with E-state index in [0.717, 1.165) is 9.21 Å². The van der Waals surface area contributed by atoms with Crippen LogP contribution in [0.4, 0.5) is 13.2 Å². The number of carbonyl (C=O) groups excluding carboxylic acids is 1. The first-order chi connectivity index (χ1) is 16.2. The molecule has 2 N–H and O–H groups in total. The monoisotopic (exact) mass is 513 g/mol. The van der Waals surface area contributed by atoms with Crippen LogP contribution < -0.4 is 4.72 Å². The Morgan fingerprint density at radius 1 is 1.17 bits per heavy atom. The number of hydrogen-bond donors (Lipinski definition) is 2. The largest absolute Gasteiger partial charge is 0.395 e. The van der Waals surface area contributed by atoms with Gasteiger partial charge in [-0.05, 0) is 31.4 Å². The first-order valence-electron chi connectivity index (χ1n) is 11.0. The molecule has 2 aromatic rings. The van der Waals surface area contributed by atoms with Gasteiger partial charge in [0.2, 0.25) is 5.91 Å². The normalized spacial score (nSPS) is 20.4. The molecule has 1 fully saturated rings. The number of aliphatic hydroxyl groups is 1. The van der Waals surface area contributed by atoms with Crippen molar-refractivity contribution in [3.8, 4) is 11.1 Å². The molecule has 0 saturated carbocycles. The van der Waals surface area contributed by atoms with Gasteiger partial charge in [0.05, 0.1) is 24.6 Å². The minimum Gasteiger partial charge on any atom is -0.395 e. The Morgan fingerprint density at radius 2 is 1.80 bits per heavy atom. The van der Waals surface area contributed by atoms with Crippen LogP contribution in [0.15, 0.2) is 48.5 Å². The fourth-order valence-electron chi connectivity index (χ4n) is 4.05. The van der Waals surface area contributed by atoms with Crippen molar-refractivity contribution in [2.24, 2.45) is 5.41 Å². The van der Waals surface area contributed by atoms with E-state index in [0.29, 0.717) is 5.56 Å². The second-order valence-corrected chi connectivity index (χ2v) is 11.5. The summed E-state index contributed by atoms with van der Waals surface area (Å²) in [4.78, 5) is 14.0. The van der Waals surface area contributed by atoms with Crippen molar-refractivity contribution < 1.29 is 31.5 Å². The average molecular weight is 514 g/mol. The molecule has 7 nitrogen and oxygen atoms in total. The third kappa shape index (κ3) is 5.53. The number of nitrogens with one attached hydrogen (secondary N) is 1. The van der Waals surface area contributed by atoms with Crippen LogP contribution in [0.25, 0.3) is 11.1 Å². The highest BCUT2D eigenvalue weighted by molar-refractivity contribution is 7.87. The maximum Gasteiger partial charge on any atom is 0.283 e. The molecule has 0 spiro atoms. The summed E-state index contributed by atoms with van der Waals surface area (Å²) in [5.41, 5.74) is -0.494. The van der Waals surface area contributed by atoms with E-state index in [4.69, 9.17) is 0 Å². The zero-order valence-corrected chi connectivity index (χ0v) is 20.8. The van der Waals surface area contributed by atoms with Gasteiger partial charge in [-0.3, -0.25) is 4.79 Å². The molecule has 0 aliphatic carbocycles. The lowest BCUT2D eigenvalue weighted by atomic mass is 9.91. The number of nitrogens with zero attached hydrogens (tertiary/aromatic N) is 2. The summed E-state index contributed by atoms with van der Waals surface area (Å²) in [6, 6.07) is 9.82. The lowest BCUT2D eigenvalue weighted by molar-refractivity contribution is -0.144. The summed E-state index contributed by atoms with van der Waals surface area (Å²) in [6.07, 6.45) is -0.365. The molecule has 2 aromatic carbocycles. The molecule has 35 heavy (non-hydrogen) atoms. The Morgan fingerprint density at radius 3 is 2.37 bits per heavy atom. The standard InChI is InChI=1S/C24H30F3N3O4S/c1-23(2,15-31)22(32)30-14-24(26,27)21(28-35(33,34)29(3)4)19(30)13-17-11-8-12-18(20(17)25)16-9-6-5-7-10-16/h5-12,19,21,28,31H,13-15H2,1-4H3/t19-,21+/m0/s1. The molecule has 192 valence electrons. The van der Waals surface area contributed by atoms with Crippen LogP contribution in [0, 0.1) is 11.2 Å². The fraction of sp³-hybridized carbons (Fsp3) is 0.458. The predicted molar refractivity (Wildman–Crippen MR) is 126 cm³/mol. The topological polar surface area (TPSA) is 90.0 Å². The van der Waals surface area contributed by atoms with Gasteiger partial charge in [0.15, 0.2) is 0 Å². The van der Waals surface area contributed by atoms with Gasteiger partial charge in [-0.25, -0.2) is 13.2 Å². The van der Waals surface area contributed by atoms with Gasteiger partial charge in [-0.1, -0.05) is 48.5 Å². The summed E-state index contributed by atoms with van der Waals surface area (Å²) in [5, 5.41) is 9.65. The van der Waals surface area contributed by atoms with Crippen LogP contribution in [0.1, 0.15) is 19.4 Å². The number of aliphatic hydroxyl groups excluding tert-OH is 1. The molecule has 1 aliphatic rings. The number of likely N-dealkylation sites (tertiary alicyclic amines) is 1. The molecule has 3 rings (SSSR count). The van der Waals surface area contributed by atoms with Crippen LogP contribution in [0.5, 0.6) is 0 Å². The van der Waals surface area contributed by atoms with Gasteiger partial charge in [0.25, 0.3) is 16.1 Å². The second-order valence-electron chi connectivity index (χ2n) is 9.54. The highest BCUT2D eigenvalue weighted by Gasteiger charge is 2.58. The molecule has 1 amide bonds. The van der Waals surface area contributed by atoms with Crippen LogP contribution >= 0.6 is 0 Å². The van der Waals surface area contributed by atoms with Crippen molar-refractivity contribution in [2.45, 2.75) is 38.3 Å². The van der Waals surface area contributed by atoms with Crippen LogP contribution in [0.2, 0.25) is 0 Å². The molecular formula is C24H30F3N3O4S. The van der Waals surface area contributed by atoms with E-state index < -0.39 is 58.5 Å². The Hall–Kier alpha value is -2.47. The van der Waals surface area contributed by atoms with Gasteiger partial charge in [-0.2, -0.15) is 17.4 Å². The Labute approximate surface area is 203 Å². The molecule has 0 radical (unpaired) electrons. The number of benzene rings is 2. The molecule has 0 aromatic heterocycles. The van der Waals surface area contributed by atoms with E-state index in [-0.39, 0.29) is 17.5 Å². The number of rotatable bonds is 8. The van der Waals surface area contributed by atoms with E-state index in [2.05, 4.69) is 0 Å². The van der Waals surface area contributed by atoms with Crippen molar-refractivity contribution >= 4 is 16.1 Å². The predicted octanol–water partition coefficient (Wildman–Crippen LogP) is 2.66. The molecule has 11 heteroatoms. The molecule has 2 atom stereocenters. The number of carbonyl (C=O) groups is 1. The second kappa shape index (κ2) is 9.88. The lowest BCUT2D eigenvalue weighted by Crippen LogP contribution is -2.55. The van der Waals surface area contributed by atoms with Crippen molar-refractivity contribution in [1.82, 2.24) is 13.9 Å². The lowest BCUT2D eigenvalue weighted by Gasteiger charge is -2.33. The maximum absolute atomic E-state index is 15.5. The zero-order chi connectivity index (χ0) is 26.2. The van der Waals surface area contributed by atoms with Crippen LogP contribution in [-0.2, 0) is 21.4 Å². The molecule has 0 bridgehead atoms. The molecule has 1 aliphatic heterocycles. The van der Waals surface area contributed by atoms with Gasteiger partial charge >= 0.3 is 0 Å². The van der Waals surface area contributed by atoms with E-state index in [1.807, 2.05) is 4.72 Å². The third-order valence-electron chi connectivity index (χ3n) is 6.21. The Balaban J connectivity index is 2.08. The number of halogens is 3. The maximum atomic E-state index is 15.5. The highest BCUT2D eigenvalue weighted by Crippen LogP contribution is 2.38. The highest BCUT2D eigenvalue weighted by atomic mass is 32.2. The third-order valence-corrected chi connectivity index (χ3v) is 7.72. The minimum absolute atomic E-state index is 0.0581. The minimum atomic E-state index is -4.31. The Bertz CT molecular complexity index is 1170. The molecule has 1 saturated heterocycles. The summed E-state index contributed by atoms with van der Waals surface area (Å²) < 4.78 is 73.7. The average Bonchev–Trinajstić information content (AvgIpc) is 3.04. The van der Waals surface area contributed by atoms with Crippen LogP contribution in [0.3, 0.4) is 0 Å². The summed E-state index contributed by atoms with van der Waals surface area (Å²) in [6.45, 7) is 1.13. The fourth-order valence-corrected chi connectivity index (χ4v) is 4.91. The van der Waals surface area contributed by atoms with E-state index >= 15 is 13.2 Å². The number of alkyl halides is 2. The summed E-state index contributed by atoms with van der Waals surface area (Å²) >= 11 is 0.